The summed E-state index contributed by atoms with van der Waals surface area (Å²) < 4.78 is 0. The van der Waals surface area contributed by atoms with Gasteiger partial charge in [-0.2, -0.15) is 0 Å². The summed E-state index contributed by atoms with van der Waals surface area (Å²) in [6, 6.07) is 5.25. The lowest BCUT2D eigenvalue weighted by atomic mass is 9.94. The highest BCUT2D eigenvalue weighted by molar-refractivity contribution is 5.90. The molecule has 1 unspecified atom stereocenters. The first-order valence-electron chi connectivity index (χ1n) is 7.38. The van der Waals surface area contributed by atoms with Crippen molar-refractivity contribution in [3.8, 4) is 0 Å². The molecule has 5 nitrogen and oxygen atoms in total. The lowest BCUT2D eigenvalue weighted by molar-refractivity contribution is -0.144. The minimum Gasteiger partial charge on any atom is -0.349 e. The Kier molecular flexibility index (Phi) is 4.60. The second-order valence-corrected chi connectivity index (χ2v) is 6.45. The third-order valence-corrected chi connectivity index (χ3v) is 3.63. The Morgan fingerprint density at radius 2 is 2.14 bits per heavy atom. The molecule has 0 bridgehead atoms. The fourth-order valence-electron chi connectivity index (χ4n) is 2.51. The van der Waals surface area contributed by atoms with Crippen molar-refractivity contribution in [2.45, 2.75) is 46.2 Å². The molecule has 1 aromatic rings. The van der Waals surface area contributed by atoms with E-state index in [0.29, 0.717) is 13.1 Å². The Hall–Kier alpha value is -1.91. The Bertz CT molecular complexity index is 508. The van der Waals surface area contributed by atoms with E-state index in [9.17, 15) is 9.59 Å². The van der Waals surface area contributed by atoms with Crippen LogP contribution in [0.2, 0.25) is 0 Å². The number of hydrogen-bond acceptors (Lipinski definition) is 3. The van der Waals surface area contributed by atoms with Gasteiger partial charge in [-0.15, -0.1) is 0 Å². The quantitative estimate of drug-likeness (QED) is 0.922. The molecule has 21 heavy (non-hydrogen) atoms. The minimum atomic E-state index is -0.455. The monoisotopic (exact) mass is 289 g/mol. The average molecular weight is 289 g/mol. The van der Waals surface area contributed by atoms with Gasteiger partial charge in [0.2, 0.25) is 11.8 Å². The molecule has 2 amide bonds. The molecule has 2 heterocycles. The highest BCUT2D eigenvalue weighted by Crippen LogP contribution is 2.25. The van der Waals surface area contributed by atoms with Gasteiger partial charge in [-0.1, -0.05) is 26.8 Å². The van der Waals surface area contributed by atoms with Crippen LogP contribution < -0.4 is 5.32 Å². The van der Waals surface area contributed by atoms with Crippen LogP contribution in [0.1, 0.15) is 39.3 Å². The van der Waals surface area contributed by atoms with Gasteiger partial charge in [0.05, 0.1) is 12.2 Å². The van der Waals surface area contributed by atoms with Crippen molar-refractivity contribution in [3.63, 3.8) is 0 Å². The fraction of sp³-hybridized carbons (Fsp3) is 0.562. The third-order valence-electron chi connectivity index (χ3n) is 3.63. The largest absolute Gasteiger partial charge is 0.349 e. The molecule has 2 rings (SSSR count). The van der Waals surface area contributed by atoms with E-state index in [0.717, 1.165) is 18.5 Å². The molecular formula is C16H23N3O2. The van der Waals surface area contributed by atoms with E-state index < -0.39 is 5.41 Å². The van der Waals surface area contributed by atoms with Gasteiger partial charge in [0.1, 0.15) is 6.04 Å². The Labute approximate surface area is 125 Å². The molecule has 0 aromatic carbocycles. The van der Waals surface area contributed by atoms with Gasteiger partial charge in [-0.05, 0) is 25.0 Å². The number of carbonyl (C=O) groups excluding carboxylic acids is 2. The van der Waals surface area contributed by atoms with Gasteiger partial charge in [0, 0.05) is 18.2 Å². The topological polar surface area (TPSA) is 62.3 Å². The van der Waals surface area contributed by atoms with Crippen molar-refractivity contribution in [2.24, 2.45) is 5.41 Å². The number of nitrogens with zero attached hydrogens (tertiary/aromatic N) is 2. The van der Waals surface area contributed by atoms with Gasteiger partial charge in [-0.3, -0.25) is 14.6 Å². The Balaban J connectivity index is 1.96. The highest BCUT2D eigenvalue weighted by atomic mass is 16.2. The number of hydrogen-bond donors (Lipinski definition) is 1. The molecule has 0 spiro atoms. The van der Waals surface area contributed by atoms with E-state index in [2.05, 4.69) is 10.3 Å². The standard InChI is InChI=1S/C16H23N3O2/c1-16(2,3)15(21)19-10-6-8-13(19)14(20)18-11-12-7-4-5-9-17-12/h4-5,7,9,13H,6,8,10-11H2,1-3H3,(H,18,20). The van der Waals surface area contributed by atoms with Gasteiger partial charge in [0.25, 0.3) is 0 Å². The molecule has 1 aliphatic heterocycles. The molecule has 0 saturated carbocycles. The molecule has 1 saturated heterocycles. The molecular weight excluding hydrogens is 266 g/mol. The van der Waals surface area contributed by atoms with Crippen molar-refractivity contribution < 1.29 is 9.59 Å². The number of pyridine rings is 1. The van der Waals surface area contributed by atoms with Crippen molar-refractivity contribution in [3.05, 3.63) is 30.1 Å². The molecule has 1 atom stereocenters. The van der Waals surface area contributed by atoms with Crippen LogP contribution in [-0.2, 0) is 16.1 Å². The van der Waals surface area contributed by atoms with E-state index in [4.69, 9.17) is 0 Å². The molecule has 0 aliphatic carbocycles. The molecule has 5 heteroatoms. The first-order valence-corrected chi connectivity index (χ1v) is 7.38. The summed E-state index contributed by atoms with van der Waals surface area (Å²) in [4.78, 5) is 30.6. The SMILES string of the molecule is CC(C)(C)C(=O)N1CCCC1C(=O)NCc1ccccn1. The maximum absolute atomic E-state index is 12.4. The fourth-order valence-corrected chi connectivity index (χ4v) is 2.51. The van der Waals surface area contributed by atoms with Crippen LogP contribution in [0.3, 0.4) is 0 Å². The van der Waals surface area contributed by atoms with Crippen LogP contribution in [-0.4, -0.2) is 34.3 Å². The van der Waals surface area contributed by atoms with Crippen LogP contribution in [0.25, 0.3) is 0 Å². The molecule has 1 aromatic heterocycles. The average Bonchev–Trinajstić information content (AvgIpc) is 2.93. The number of amides is 2. The van der Waals surface area contributed by atoms with E-state index in [1.54, 1.807) is 11.1 Å². The van der Waals surface area contributed by atoms with Gasteiger partial charge < -0.3 is 10.2 Å². The molecule has 114 valence electrons. The van der Waals surface area contributed by atoms with Crippen LogP contribution in [0.4, 0.5) is 0 Å². The summed E-state index contributed by atoms with van der Waals surface area (Å²) in [6.45, 7) is 6.72. The predicted molar refractivity (Wildman–Crippen MR) is 80.3 cm³/mol. The zero-order valence-corrected chi connectivity index (χ0v) is 12.9. The lowest BCUT2D eigenvalue weighted by Crippen LogP contribution is -2.49. The van der Waals surface area contributed by atoms with E-state index in [1.807, 2.05) is 39.0 Å². The van der Waals surface area contributed by atoms with Crippen LogP contribution >= 0.6 is 0 Å². The van der Waals surface area contributed by atoms with E-state index in [1.165, 1.54) is 0 Å². The van der Waals surface area contributed by atoms with Crippen LogP contribution in [0.5, 0.6) is 0 Å². The van der Waals surface area contributed by atoms with Gasteiger partial charge >= 0.3 is 0 Å². The number of rotatable bonds is 3. The van der Waals surface area contributed by atoms with Crippen LogP contribution in [0.15, 0.2) is 24.4 Å². The summed E-state index contributed by atoms with van der Waals surface area (Å²) in [5, 5.41) is 2.88. The summed E-state index contributed by atoms with van der Waals surface area (Å²) >= 11 is 0. The first-order chi connectivity index (χ1) is 9.89. The Morgan fingerprint density at radius 3 is 2.76 bits per heavy atom. The normalized spacial score (nSPS) is 18.6. The third kappa shape index (κ3) is 3.80. The predicted octanol–water partition coefficient (Wildman–Crippen LogP) is 1.73. The van der Waals surface area contributed by atoms with Crippen molar-refractivity contribution >= 4 is 11.8 Å². The molecule has 1 fully saturated rings. The zero-order chi connectivity index (χ0) is 15.5. The lowest BCUT2D eigenvalue weighted by Gasteiger charge is -2.30. The van der Waals surface area contributed by atoms with Crippen molar-refractivity contribution in [1.29, 1.82) is 0 Å². The minimum absolute atomic E-state index is 0.0398. The zero-order valence-electron chi connectivity index (χ0n) is 12.9. The number of nitrogens with one attached hydrogen (secondary N) is 1. The summed E-state index contributed by atoms with van der Waals surface area (Å²) in [5.41, 5.74) is 0.363. The van der Waals surface area contributed by atoms with Gasteiger partial charge in [0.15, 0.2) is 0 Å². The van der Waals surface area contributed by atoms with Crippen molar-refractivity contribution in [1.82, 2.24) is 15.2 Å². The summed E-state index contributed by atoms with van der Waals surface area (Å²) in [7, 11) is 0. The van der Waals surface area contributed by atoms with E-state index in [-0.39, 0.29) is 17.9 Å². The van der Waals surface area contributed by atoms with E-state index >= 15 is 0 Å². The number of aromatic nitrogens is 1. The molecule has 1 aliphatic rings. The second kappa shape index (κ2) is 6.24. The van der Waals surface area contributed by atoms with Gasteiger partial charge in [-0.25, -0.2) is 0 Å². The Morgan fingerprint density at radius 1 is 1.38 bits per heavy atom. The summed E-state index contributed by atoms with van der Waals surface area (Å²) in [6.07, 6.45) is 3.31. The second-order valence-electron chi connectivity index (χ2n) is 6.45. The van der Waals surface area contributed by atoms with Crippen LogP contribution in [0, 0.1) is 5.41 Å². The van der Waals surface area contributed by atoms with Crippen molar-refractivity contribution in [2.75, 3.05) is 6.54 Å². The number of likely N-dealkylation sites (tertiary alicyclic amines) is 1. The number of carbonyl (C=O) groups is 2. The smallest absolute Gasteiger partial charge is 0.243 e. The maximum atomic E-state index is 12.4. The maximum Gasteiger partial charge on any atom is 0.243 e. The summed E-state index contributed by atoms with van der Waals surface area (Å²) in [5.74, 6) is -0.0475. The molecule has 0 radical (unpaired) electrons. The first kappa shape index (κ1) is 15.5. The molecule has 1 N–H and O–H groups in total. The highest BCUT2D eigenvalue weighted by Gasteiger charge is 2.38.